The number of benzene rings is 1. The minimum Gasteiger partial charge on any atom is -0.496 e. The van der Waals surface area contributed by atoms with Gasteiger partial charge in [0.15, 0.2) is 0 Å². The number of fused-ring (bicyclic) bond motifs is 3. The number of carboxylic acid groups (broad SMARTS) is 1. The molecular weight excluding hydrogens is 331 g/mol. The lowest BCUT2D eigenvalue weighted by Gasteiger charge is -2.30. The summed E-state index contributed by atoms with van der Waals surface area (Å²) in [4.78, 5) is 27.6. The zero-order valence-corrected chi connectivity index (χ0v) is 14.0. The number of hydrogen-bond donors (Lipinski definition) is 1. The summed E-state index contributed by atoms with van der Waals surface area (Å²) in [6.45, 7) is 2.13. The van der Waals surface area contributed by atoms with Crippen LogP contribution in [0.1, 0.15) is 10.4 Å². The van der Waals surface area contributed by atoms with E-state index in [2.05, 4.69) is 0 Å². The van der Waals surface area contributed by atoms with E-state index in [0.29, 0.717) is 38.6 Å². The van der Waals surface area contributed by atoms with E-state index in [1.807, 2.05) is 4.90 Å². The van der Waals surface area contributed by atoms with Crippen molar-refractivity contribution in [3.05, 3.63) is 29.6 Å². The summed E-state index contributed by atoms with van der Waals surface area (Å²) in [6.07, 6.45) is 0. The van der Waals surface area contributed by atoms with Crippen LogP contribution in [0, 0.1) is 11.7 Å². The number of carbonyl (C=O) groups excluding carboxylic acids is 1. The summed E-state index contributed by atoms with van der Waals surface area (Å²) < 4.78 is 24.5. The smallest absolute Gasteiger partial charge is 0.317 e. The highest BCUT2D eigenvalue weighted by atomic mass is 19.1. The van der Waals surface area contributed by atoms with E-state index in [1.165, 1.54) is 25.3 Å². The fourth-order valence-electron chi connectivity index (χ4n) is 3.51. The first-order chi connectivity index (χ1) is 12.0. The molecule has 1 aromatic rings. The average molecular weight is 352 g/mol. The van der Waals surface area contributed by atoms with E-state index in [4.69, 9.17) is 14.6 Å². The summed E-state index contributed by atoms with van der Waals surface area (Å²) in [7, 11) is 1.43. The Morgan fingerprint density at radius 1 is 1.32 bits per heavy atom. The lowest BCUT2D eigenvalue weighted by Crippen LogP contribution is -2.47. The maximum atomic E-state index is 13.6. The van der Waals surface area contributed by atoms with E-state index in [-0.39, 0.29) is 30.0 Å². The number of carbonyl (C=O) groups is 2. The monoisotopic (exact) mass is 352 g/mol. The molecule has 0 aliphatic carbocycles. The molecule has 0 spiro atoms. The molecule has 1 N–H and O–H groups in total. The molecule has 1 aromatic carbocycles. The summed E-state index contributed by atoms with van der Waals surface area (Å²) in [5, 5.41) is 9.06. The van der Waals surface area contributed by atoms with Crippen LogP contribution in [0.15, 0.2) is 18.2 Å². The Labute approximate surface area is 144 Å². The standard InChI is InChI=1S/C17H21FN2O5/c1-24-15-3-2-12(18)4-14(15)17(23)20-6-11-5-19(8-16(21)22)7-13(20)10-25-9-11/h2-4,11,13H,5-10H2,1H3,(H,21,22)/t11-,13-/m0/s1. The largest absolute Gasteiger partial charge is 0.496 e. The highest BCUT2D eigenvalue weighted by Gasteiger charge is 2.37. The van der Waals surface area contributed by atoms with Crippen molar-refractivity contribution >= 4 is 11.9 Å². The van der Waals surface area contributed by atoms with Gasteiger partial charge >= 0.3 is 5.97 Å². The van der Waals surface area contributed by atoms with Gasteiger partial charge in [0.1, 0.15) is 11.6 Å². The number of amides is 1. The van der Waals surface area contributed by atoms with Crippen molar-refractivity contribution in [3.8, 4) is 5.75 Å². The minimum atomic E-state index is -0.898. The number of halogens is 1. The van der Waals surface area contributed by atoms with Gasteiger partial charge in [-0.25, -0.2) is 4.39 Å². The van der Waals surface area contributed by atoms with Crippen molar-refractivity contribution in [2.75, 3.05) is 46.5 Å². The molecule has 0 unspecified atom stereocenters. The third kappa shape index (κ3) is 3.91. The molecule has 3 rings (SSSR count). The molecule has 7 nitrogen and oxygen atoms in total. The van der Waals surface area contributed by atoms with E-state index in [9.17, 15) is 14.0 Å². The topological polar surface area (TPSA) is 79.3 Å². The van der Waals surface area contributed by atoms with Crippen LogP contribution in [0.2, 0.25) is 0 Å². The van der Waals surface area contributed by atoms with Gasteiger partial charge in [0.2, 0.25) is 0 Å². The average Bonchev–Trinajstić information content (AvgIpc) is 2.84. The molecule has 2 saturated heterocycles. The Kier molecular flexibility index (Phi) is 5.19. The van der Waals surface area contributed by atoms with E-state index in [1.54, 1.807) is 4.90 Å². The predicted molar refractivity (Wildman–Crippen MR) is 86.2 cm³/mol. The Bertz CT molecular complexity index is 668. The van der Waals surface area contributed by atoms with Gasteiger partial charge in [-0.15, -0.1) is 0 Å². The van der Waals surface area contributed by atoms with Crippen LogP contribution < -0.4 is 4.74 Å². The lowest BCUT2D eigenvalue weighted by atomic mass is 10.1. The maximum absolute atomic E-state index is 13.6. The first kappa shape index (κ1) is 17.6. The van der Waals surface area contributed by atoms with Gasteiger partial charge in [0.25, 0.3) is 5.91 Å². The molecular formula is C17H21FN2O5. The van der Waals surface area contributed by atoms with Gasteiger partial charge < -0.3 is 19.5 Å². The van der Waals surface area contributed by atoms with E-state index >= 15 is 0 Å². The summed E-state index contributed by atoms with van der Waals surface area (Å²) in [5.41, 5.74) is 0.167. The molecule has 1 amide bonds. The number of hydrogen-bond acceptors (Lipinski definition) is 5. The third-order valence-corrected chi connectivity index (χ3v) is 4.56. The van der Waals surface area contributed by atoms with Crippen molar-refractivity contribution in [3.63, 3.8) is 0 Å². The van der Waals surface area contributed by atoms with Gasteiger partial charge in [-0.3, -0.25) is 14.5 Å². The second-order valence-corrected chi connectivity index (χ2v) is 6.45. The minimum absolute atomic E-state index is 0.00959. The molecule has 2 aliphatic heterocycles. The predicted octanol–water partition coefficient (Wildman–Crippen LogP) is 0.692. The van der Waals surface area contributed by atoms with Crippen LogP contribution in [0.25, 0.3) is 0 Å². The summed E-state index contributed by atoms with van der Waals surface area (Å²) >= 11 is 0. The maximum Gasteiger partial charge on any atom is 0.317 e. The van der Waals surface area contributed by atoms with Crippen molar-refractivity contribution in [1.82, 2.24) is 9.80 Å². The molecule has 25 heavy (non-hydrogen) atoms. The quantitative estimate of drug-likeness (QED) is 0.859. The zero-order valence-electron chi connectivity index (χ0n) is 14.0. The van der Waals surface area contributed by atoms with Crippen LogP contribution >= 0.6 is 0 Å². The van der Waals surface area contributed by atoms with Gasteiger partial charge in [0.05, 0.1) is 38.5 Å². The zero-order chi connectivity index (χ0) is 18.0. The van der Waals surface area contributed by atoms with Crippen LogP contribution in [0.3, 0.4) is 0 Å². The van der Waals surface area contributed by atoms with Crippen molar-refractivity contribution in [2.24, 2.45) is 5.92 Å². The fourth-order valence-corrected chi connectivity index (χ4v) is 3.51. The fraction of sp³-hybridized carbons (Fsp3) is 0.529. The van der Waals surface area contributed by atoms with Crippen molar-refractivity contribution in [2.45, 2.75) is 6.04 Å². The van der Waals surface area contributed by atoms with Gasteiger partial charge in [-0.2, -0.15) is 0 Å². The van der Waals surface area contributed by atoms with Crippen LogP contribution in [-0.2, 0) is 9.53 Å². The molecule has 2 aliphatic rings. The number of nitrogens with zero attached hydrogens (tertiary/aromatic N) is 2. The molecule has 2 atom stereocenters. The molecule has 2 heterocycles. The Balaban J connectivity index is 1.87. The highest BCUT2D eigenvalue weighted by molar-refractivity contribution is 5.97. The number of carboxylic acids is 1. The van der Waals surface area contributed by atoms with E-state index < -0.39 is 11.8 Å². The van der Waals surface area contributed by atoms with Crippen molar-refractivity contribution < 1.29 is 28.6 Å². The second-order valence-electron chi connectivity index (χ2n) is 6.45. The molecule has 8 heteroatoms. The highest BCUT2D eigenvalue weighted by Crippen LogP contribution is 2.26. The van der Waals surface area contributed by atoms with Crippen LogP contribution in [0.5, 0.6) is 5.75 Å². The molecule has 0 aromatic heterocycles. The lowest BCUT2D eigenvalue weighted by molar-refractivity contribution is -0.138. The number of methoxy groups -OCH3 is 1. The third-order valence-electron chi connectivity index (χ3n) is 4.56. The first-order valence-corrected chi connectivity index (χ1v) is 8.14. The normalized spacial score (nSPS) is 23.8. The second kappa shape index (κ2) is 7.37. The first-order valence-electron chi connectivity index (χ1n) is 8.14. The molecule has 136 valence electrons. The van der Waals surface area contributed by atoms with Crippen molar-refractivity contribution in [1.29, 1.82) is 0 Å². The summed E-state index contributed by atoms with van der Waals surface area (Å²) in [6, 6.07) is 3.56. The van der Waals surface area contributed by atoms with Crippen LogP contribution in [0.4, 0.5) is 4.39 Å². The Morgan fingerprint density at radius 3 is 2.84 bits per heavy atom. The number of aliphatic carboxylic acids is 1. The van der Waals surface area contributed by atoms with Gasteiger partial charge in [-0.05, 0) is 18.2 Å². The van der Waals surface area contributed by atoms with Crippen LogP contribution in [-0.4, -0.2) is 79.3 Å². The van der Waals surface area contributed by atoms with Gasteiger partial charge in [-0.1, -0.05) is 0 Å². The Morgan fingerprint density at radius 2 is 2.12 bits per heavy atom. The Hall–Kier alpha value is -2.19. The summed E-state index contributed by atoms with van der Waals surface area (Å²) in [5.74, 6) is -1.41. The molecule has 2 fully saturated rings. The van der Waals surface area contributed by atoms with E-state index in [0.717, 1.165) is 0 Å². The number of ether oxygens (including phenoxy) is 2. The van der Waals surface area contributed by atoms with Gasteiger partial charge in [0, 0.05) is 25.6 Å². The molecule has 0 radical (unpaired) electrons. The SMILES string of the molecule is COc1ccc(F)cc1C(=O)N1C[C@H]2COC[C@@H]1CN(CC(=O)O)C2. The molecule has 2 bridgehead atoms. The molecule has 0 saturated carbocycles. The number of rotatable bonds is 4.